The van der Waals surface area contributed by atoms with E-state index in [1.54, 1.807) is 11.2 Å². The van der Waals surface area contributed by atoms with Crippen LogP contribution in [0.15, 0.2) is 56.6 Å². The van der Waals surface area contributed by atoms with E-state index in [-0.39, 0.29) is 152 Å². The number of esters is 3. The fourth-order valence-corrected chi connectivity index (χ4v) is 3.38. The monoisotopic (exact) mass is 975 g/mol. The van der Waals surface area contributed by atoms with Crippen LogP contribution in [0.5, 0.6) is 0 Å². The van der Waals surface area contributed by atoms with Gasteiger partial charge in [0.05, 0.1) is 45.3 Å². The largest absolute Gasteiger partial charge is 1.00 e. The first-order valence-electron chi connectivity index (χ1n) is 15.1. The summed E-state index contributed by atoms with van der Waals surface area (Å²) in [7, 11) is 0. The minimum Gasteiger partial charge on any atom is -1.00 e. The molecule has 3 radical (unpaired) electrons. The predicted octanol–water partition coefficient (Wildman–Crippen LogP) is -0.124. The van der Waals surface area contributed by atoms with Crippen LogP contribution in [0.2, 0.25) is 0 Å². The number of hydrogen-bond donors (Lipinski definition) is 1. The minimum atomic E-state index is -4.69. The number of hydrogen-bond acceptors (Lipinski definition) is 12. The standard InChI is InChI=1S/2C10H11F3N2O2.C7H7F3N2O2.C3H5Br.CH2O3.B.2K.H/c1-3-5-15-6-7(9(16)17-4-2)8(14-15)10(11,12)13;1-3-5-15-8(10(11,12)13)7(6-14-15)9(16)17-4-2;1-2-14-6(13)4-3-11-12-5(4)7(8,9)10;1-2-3-4;2-1-4-3;;;;/h2*3,6H,1,4-5H2,2H3;3H,2H2,1H3,(H,11,12);2H,1,3H2;1,3H;;;;/q;;;;;;2*+1;-1/p-1. The molecule has 0 aromatic carbocycles. The number of allylic oxidation sites excluding steroid dienone is 3. The van der Waals surface area contributed by atoms with Crippen molar-refractivity contribution < 1.29 is 187 Å². The maximum absolute atomic E-state index is 12.8. The topological polar surface area (TPSA) is 193 Å². The van der Waals surface area contributed by atoms with Crippen molar-refractivity contribution in [2.24, 2.45) is 0 Å². The van der Waals surface area contributed by atoms with E-state index in [1.807, 2.05) is 0 Å². The fraction of sp³-hybridized carbons (Fsp3) is 0.387. The zero-order chi connectivity index (χ0) is 43.7. The molecule has 0 saturated carbocycles. The molecule has 3 aromatic heterocycles. The Bertz CT molecular complexity index is 1690. The Morgan fingerprint density at radius 3 is 1.59 bits per heavy atom. The number of rotatable bonds is 12. The summed E-state index contributed by atoms with van der Waals surface area (Å²) in [6.07, 6.45) is -6.90. The molecule has 319 valence electrons. The Balaban J connectivity index is -0.000000162. The van der Waals surface area contributed by atoms with Crippen molar-refractivity contribution in [2.45, 2.75) is 52.4 Å². The summed E-state index contributed by atoms with van der Waals surface area (Å²) in [5.41, 5.74) is -5.30. The Hall–Kier alpha value is -2.12. The summed E-state index contributed by atoms with van der Waals surface area (Å²) in [4.78, 5) is 44.9. The molecule has 0 amide bonds. The van der Waals surface area contributed by atoms with Crippen molar-refractivity contribution in [1.82, 2.24) is 29.8 Å². The third-order valence-corrected chi connectivity index (χ3v) is 5.77. The molecule has 59 heavy (non-hydrogen) atoms. The molecule has 0 aliphatic carbocycles. The van der Waals surface area contributed by atoms with Gasteiger partial charge in [-0.1, -0.05) is 34.2 Å². The van der Waals surface area contributed by atoms with Gasteiger partial charge in [0.1, 0.15) is 16.7 Å². The van der Waals surface area contributed by atoms with Crippen LogP contribution in [0.1, 0.15) is 70.4 Å². The summed E-state index contributed by atoms with van der Waals surface area (Å²) >= 11 is 3.13. The summed E-state index contributed by atoms with van der Waals surface area (Å²) in [6.45, 7) is 14.5. The molecule has 3 aromatic rings. The molecule has 0 fully saturated rings. The Morgan fingerprint density at radius 2 is 1.24 bits per heavy atom. The zero-order valence-corrected chi connectivity index (χ0v) is 40.0. The Labute approximate surface area is 428 Å². The molecule has 0 atom stereocenters. The van der Waals surface area contributed by atoms with Crippen molar-refractivity contribution in [2.75, 3.05) is 25.2 Å². The van der Waals surface area contributed by atoms with E-state index in [1.165, 1.54) is 32.9 Å². The quantitative estimate of drug-likeness (QED) is 0.0292. The second kappa shape index (κ2) is 34.5. The van der Waals surface area contributed by atoms with E-state index in [0.717, 1.165) is 28.6 Å². The summed E-state index contributed by atoms with van der Waals surface area (Å²) < 4.78 is 128. The molecule has 3 rings (SSSR count). The van der Waals surface area contributed by atoms with Crippen LogP contribution in [0.3, 0.4) is 0 Å². The van der Waals surface area contributed by atoms with Crippen molar-refractivity contribution in [3.63, 3.8) is 0 Å². The van der Waals surface area contributed by atoms with Gasteiger partial charge in [0.25, 0.3) is 6.47 Å². The van der Waals surface area contributed by atoms with Gasteiger partial charge in [-0.2, -0.15) is 54.8 Å². The Morgan fingerprint density at radius 1 is 0.797 bits per heavy atom. The Kier molecular flexibility index (Phi) is 38.5. The smallest absolute Gasteiger partial charge is 1.00 e. The molecule has 0 spiro atoms. The molecule has 28 heteroatoms. The first kappa shape index (κ1) is 66.0. The number of carbonyl (C=O) groups is 4. The van der Waals surface area contributed by atoms with Gasteiger partial charge < -0.3 is 25.8 Å². The van der Waals surface area contributed by atoms with Gasteiger partial charge in [-0.05, 0) is 20.8 Å². The summed E-state index contributed by atoms with van der Waals surface area (Å²) in [6, 6.07) is 0. The molecule has 0 unspecified atom stereocenters. The first-order valence-corrected chi connectivity index (χ1v) is 16.2. The minimum absolute atomic E-state index is 0. The number of nitrogens with one attached hydrogen (secondary N) is 1. The van der Waals surface area contributed by atoms with E-state index >= 15 is 0 Å². The van der Waals surface area contributed by atoms with Gasteiger partial charge >= 0.3 is 139 Å². The van der Waals surface area contributed by atoms with Crippen LogP contribution in [0, 0.1) is 0 Å². The number of carbonyl (C=O) groups excluding carboxylic acids is 4. The van der Waals surface area contributed by atoms with Gasteiger partial charge in [0, 0.05) is 19.9 Å². The zero-order valence-electron chi connectivity index (χ0n) is 33.2. The SMILES string of the molecule is C=CCBr.C=CCn1cc(C(=O)OCC)c(C(F)(F)F)n1.C=CCn1ncc(C(=O)OCC)c1C(F)(F)F.CCOC(=O)c1cn[nH]c1C(F)(F)F.O=CO[O-].[B].[H-].[K+].[K+]. The van der Waals surface area contributed by atoms with Crippen LogP contribution >= 0.6 is 15.9 Å². The maximum atomic E-state index is 12.8. The first-order chi connectivity index (χ1) is 26.1. The van der Waals surface area contributed by atoms with Crippen LogP contribution in [-0.2, 0) is 55.5 Å². The number of nitrogens with zero attached hydrogens (tertiary/aromatic N) is 5. The van der Waals surface area contributed by atoms with E-state index in [0.29, 0.717) is 4.68 Å². The van der Waals surface area contributed by atoms with E-state index in [4.69, 9.17) is 10.1 Å². The molecule has 15 nitrogen and oxygen atoms in total. The van der Waals surface area contributed by atoms with Crippen LogP contribution < -0.4 is 108 Å². The number of ether oxygens (including phenoxy) is 3. The summed E-state index contributed by atoms with van der Waals surface area (Å²) in [5, 5.41) is 21.0. The van der Waals surface area contributed by atoms with Gasteiger partial charge in [-0.3, -0.25) is 19.3 Å². The summed E-state index contributed by atoms with van der Waals surface area (Å²) in [5.74, 6) is -3.10. The van der Waals surface area contributed by atoms with Crippen LogP contribution in [0.4, 0.5) is 39.5 Å². The number of aromatic nitrogens is 6. The number of aromatic amines is 1. The molecule has 0 saturated heterocycles. The van der Waals surface area contributed by atoms with Crippen LogP contribution in [0.25, 0.3) is 0 Å². The second-order valence-electron chi connectivity index (χ2n) is 9.23. The fourth-order valence-electron chi connectivity index (χ4n) is 3.38. The van der Waals surface area contributed by atoms with Crippen molar-refractivity contribution >= 4 is 48.7 Å². The number of halogens is 10. The van der Waals surface area contributed by atoms with Crippen molar-refractivity contribution in [3.05, 3.63) is 90.3 Å². The number of H-pyrrole nitrogens is 1. The van der Waals surface area contributed by atoms with Gasteiger partial charge in [0.2, 0.25) is 0 Å². The van der Waals surface area contributed by atoms with E-state index < -0.39 is 70.2 Å². The molecule has 1 N–H and O–H groups in total. The van der Waals surface area contributed by atoms with Gasteiger partial charge in [-0.15, -0.1) is 19.7 Å². The molecule has 0 bridgehead atoms. The normalized spacial score (nSPS) is 10.0. The van der Waals surface area contributed by atoms with Crippen LogP contribution in [-0.4, -0.2) is 87.7 Å². The third kappa shape index (κ3) is 25.4. The van der Waals surface area contributed by atoms with Gasteiger partial charge in [-0.25, -0.2) is 14.4 Å². The molecular formula is C31H36BBrF9K2N6O9. The van der Waals surface area contributed by atoms with Crippen molar-refractivity contribution in [3.8, 4) is 0 Å². The average Bonchev–Trinajstić information content (AvgIpc) is 3.89. The molecular weight excluding hydrogens is 940 g/mol. The molecule has 0 aliphatic rings. The molecule has 3 heterocycles. The maximum Gasteiger partial charge on any atom is 1.00 e. The third-order valence-electron chi connectivity index (χ3n) is 5.31. The van der Waals surface area contributed by atoms with Crippen molar-refractivity contribution in [1.29, 1.82) is 0 Å². The number of alkyl halides is 10. The average molecular weight is 977 g/mol. The predicted molar refractivity (Wildman–Crippen MR) is 184 cm³/mol. The van der Waals surface area contributed by atoms with E-state index in [9.17, 15) is 53.9 Å². The van der Waals surface area contributed by atoms with Gasteiger partial charge in [0.15, 0.2) is 17.1 Å². The second-order valence-corrected chi connectivity index (χ2v) is 9.88. The molecule has 0 aliphatic heterocycles. The van der Waals surface area contributed by atoms with E-state index in [2.05, 4.69) is 70.1 Å².